The quantitative estimate of drug-likeness (QED) is 0.347. The Morgan fingerprint density at radius 1 is 0.850 bits per heavy atom. The molecule has 1 saturated carbocycles. The summed E-state index contributed by atoms with van der Waals surface area (Å²) in [5.41, 5.74) is 1.01. The van der Waals surface area contributed by atoms with Crippen molar-refractivity contribution in [3.63, 3.8) is 0 Å². The van der Waals surface area contributed by atoms with Crippen molar-refractivity contribution in [1.29, 1.82) is 0 Å². The fourth-order valence-electron chi connectivity index (χ4n) is 9.84. The molecule has 3 N–H and O–H groups in total. The first kappa shape index (κ1) is 33.0. The molecule has 3 fully saturated rings. The molecule has 0 aromatic carbocycles. The Hall–Kier alpha value is -1.46. The van der Waals surface area contributed by atoms with Gasteiger partial charge in [0.25, 0.3) is 0 Å². The summed E-state index contributed by atoms with van der Waals surface area (Å²) in [6.45, 7) is 27.2. The normalized spacial score (nSPS) is 37.3. The van der Waals surface area contributed by atoms with Crippen molar-refractivity contribution in [1.82, 2.24) is 25.5 Å². The Morgan fingerprint density at radius 2 is 1.40 bits per heavy atom. The smallest absolute Gasteiger partial charge is 0.465 e. The Labute approximate surface area is 243 Å². The maximum absolute atomic E-state index is 13.7. The summed E-state index contributed by atoms with van der Waals surface area (Å²) >= 11 is 0. The number of hydrogen-bond donors (Lipinski definition) is 3. The lowest BCUT2D eigenvalue weighted by Crippen LogP contribution is -2.89. The molecule has 2 saturated heterocycles. The Morgan fingerprint density at radius 3 is 1.88 bits per heavy atom. The molecule has 10 nitrogen and oxygen atoms in total. The van der Waals surface area contributed by atoms with Gasteiger partial charge in [-0.1, -0.05) is 20.8 Å². The number of carbonyl (C=O) groups is 2. The molecule has 0 spiro atoms. The summed E-state index contributed by atoms with van der Waals surface area (Å²) in [4.78, 5) is 27.7. The summed E-state index contributed by atoms with van der Waals surface area (Å²) in [5.74, 6) is 0.513. The van der Waals surface area contributed by atoms with E-state index in [0.29, 0.717) is 18.8 Å². The highest BCUT2D eigenvalue weighted by Gasteiger charge is 2.69. The standard InChI is InChI=1S/C30H58N6O4/c1-20-15-23(19-26(4,5)16-20)32(14)36(25(39)40)22(3)18-28(8,9)35(30(36,12)13)31-34-21(2)17-27(6,7)33(24(37)38)29(34,10)11/h20-23,31H,15-19H2,1-14H3,(H-,37,38,39,40)/p+1. The molecule has 0 aromatic heterocycles. The van der Waals surface area contributed by atoms with E-state index in [9.17, 15) is 19.8 Å². The summed E-state index contributed by atoms with van der Waals surface area (Å²) < 4.78 is -0.228. The van der Waals surface area contributed by atoms with Crippen LogP contribution in [0.3, 0.4) is 0 Å². The van der Waals surface area contributed by atoms with Gasteiger partial charge in [-0.3, -0.25) is 4.90 Å². The number of nitrogens with one attached hydrogen (secondary N) is 1. The molecule has 3 rings (SSSR count). The van der Waals surface area contributed by atoms with Crippen molar-refractivity contribution < 1.29 is 24.4 Å². The van der Waals surface area contributed by atoms with Crippen LogP contribution >= 0.6 is 0 Å². The third-order valence-electron chi connectivity index (χ3n) is 10.5. The molecule has 5 atom stereocenters. The Balaban J connectivity index is 2.13. The van der Waals surface area contributed by atoms with Crippen LogP contribution in [0.1, 0.15) is 122 Å². The Kier molecular flexibility index (Phi) is 8.32. The summed E-state index contributed by atoms with van der Waals surface area (Å²) in [7, 11) is 2.00. The fraction of sp³-hybridized carbons (Fsp3) is 0.933. The molecule has 0 bridgehead atoms. The van der Waals surface area contributed by atoms with Gasteiger partial charge in [-0.2, -0.15) is 15.3 Å². The number of quaternary nitrogens is 1. The van der Waals surface area contributed by atoms with Crippen LogP contribution in [0.25, 0.3) is 0 Å². The topological polar surface area (TPSA) is 99.6 Å². The predicted octanol–water partition coefficient (Wildman–Crippen LogP) is 6.16. The molecular formula is C30H59N6O4+. The summed E-state index contributed by atoms with van der Waals surface area (Å²) in [5, 5.41) is 27.7. The van der Waals surface area contributed by atoms with E-state index in [1.807, 2.05) is 53.6 Å². The third-order valence-corrected chi connectivity index (χ3v) is 10.5. The maximum atomic E-state index is 13.7. The van der Waals surface area contributed by atoms with Gasteiger partial charge in [0, 0.05) is 44.4 Å². The van der Waals surface area contributed by atoms with E-state index in [1.165, 1.54) is 4.90 Å². The van der Waals surface area contributed by atoms with Gasteiger partial charge in [-0.15, -0.1) is 9.60 Å². The molecule has 0 aromatic rings. The molecule has 2 aliphatic heterocycles. The van der Waals surface area contributed by atoms with E-state index in [2.05, 4.69) is 64.0 Å². The molecule has 3 aliphatic rings. The van der Waals surface area contributed by atoms with Crippen LogP contribution in [0, 0.1) is 11.3 Å². The van der Waals surface area contributed by atoms with E-state index < -0.39 is 34.6 Å². The van der Waals surface area contributed by atoms with Crippen LogP contribution < -0.4 is 5.53 Å². The number of hydrogen-bond acceptors (Lipinski definition) is 6. The van der Waals surface area contributed by atoms with Gasteiger partial charge >= 0.3 is 12.2 Å². The first-order valence-corrected chi connectivity index (χ1v) is 15.1. The third kappa shape index (κ3) is 5.06. The molecule has 1 aliphatic carbocycles. The zero-order valence-corrected chi connectivity index (χ0v) is 27.8. The highest BCUT2D eigenvalue weighted by molar-refractivity contribution is 5.67. The zero-order chi connectivity index (χ0) is 31.0. The van der Waals surface area contributed by atoms with Gasteiger partial charge in [-0.25, -0.2) is 9.80 Å². The highest BCUT2D eigenvalue weighted by atomic mass is 16.4. The molecule has 0 radical (unpaired) electrons. The van der Waals surface area contributed by atoms with Gasteiger partial charge in [-0.05, 0) is 92.4 Å². The van der Waals surface area contributed by atoms with Crippen LogP contribution in [-0.4, -0.2) is 94.5 Å². The van der Waals surface area contributed by atoms with Gasteiger partial charge in [0.15, 0.2) is 5.66 Å². The van der Waals surface area contributed by atoms with Crippen molar-refractivity contribution in [3.05, 3.63) is 0 Å². The SMILES string of the molecule is CC1CC(N(C)[N+]2(C(=O)O)C(C)CC(C)(C)N(NN3C(C)CC(C)(C)N(C(=O)O)C3(C)C)C2(C)C)CC(C)(C)C1. The second-order valence-electron chi connectivity index (χ2n) is 16.3. The second-order valence-corrected chi connectivity index (χ2v) is 16.3. The van der Waals surface area contributed by atoms with Crippen LogP contribution in [0.4, 0.5) is 9.59 Å². The lowest BCUT2D eigenvalue weighted by molar-refractivity contribution is -1.05. The van der Waals surface area contributed by atoms with Gasteiger partial charge in [0.2, 0.25) is 0 Å². The molecule has 40 heavy (non-hydrogen) atoms. The number of rotatable bonds is 4. The average molecular weight is 568 g/mol. The van der Waals surface area contributed by atoms with E-state index in [0.717, 1.165) is 19.3 Å². The Bertz CT molecular complexity index is 995. The summed E-state index contributed by atoms with van der Waals surface area (Å²) in [6, 6.07) is -0.0728. The van der Waals surface area contributed by atoms with Gasteiger partial charge < -0.3 is 10.2 Å². The van der Waals surface area contributed by atoms with Gasteiger partial charge in [0.05, 0.1) is 6.04 Å². The molecule has 2 heterocycles. The lowest BCUT2D eigenvalue weighted by Gasteiger charge is -2.67. The van der Waals surface area contributed by atoms with Crippen LogP contribution in [-0.2, 0) is 0 Å². The zero-order valence-electron chi connectivity index (χ0n) is 27.8. The largest absolute Gasteiger partial charge is 0.535 e. The maximum Gasteiger partial charge on any atom is 0.535 e. The van der Waals surface area contributed by atoms with Crippen molar-refractivity contribution >= 4 is 12.2 Å². The number of carboxylic acid groups (broad SMARTS) is 2. The van der Waals surface area contributed by atoms with E-state index in [-0.39, 0.29) is 28.1 Å². The van der Waals surface area contributed by atoms with Gasteiger partial charge in [0.1, 0.15) is 11.7 Å². The number of nitrogens with zero attached hydrogens (tertiary/aromatic N) is 5. The first-order chi connectivity index (χ1) is 17.9. The summed E-state index contributed by atoms with van der Waals surface area (Å²) in [6.07, 6.45) is 2.49. The average Bonchev–Trinajstić information content (AvgIpc) is 2.68. The number of amides is 2. The molecule has 5 unspecified atom stereocenters. The van der Waals surface area contributed by atoms with Crippen LogP contribution in [0.2, 0.25) is 0 Å². The first-order valence-electron chi connectivity index (χ1n) is 15.1. The minimum atomic E-state index is -0.969. The van der Waals surface area contributed by atoms with Crippen molar-refractivity contribution in [3.8, 4) is 0 Å². The molecule has 232 valence electrons. The van der Waals surface area contributed by atoms with Crippen molar-refractivity contribution in [2.75, 3.05) is 7.05 Å². The van der Waals surface area contributed by atoms with Crippen molar-refractivity contribution in [2.45, 2.75) is 163 Å². The molecule has 10 heteroatoms. The molecular weight excluding hydrogens is 508 g/mol. The number of hydrazine groups is 2. The minimum absolute atomic E-state index is 0.00370. The van der Waals surface area contributed by atoms with Crippen LogP contribution in [0.5, 0.6) is 0 Å². The highest BCUT2D eigenvalue weighted by Crippen LogP contribution is 2.50. The predicted molar refractivity (Wildman–Crippen MR) is 158 cm³/mol. The monoisotopic (exact) mass is 567 g/mol. The minimum Gasteiger partial charge on any atom is -0.465 e. The second kappa shape index (κ2) is 10.1. The molecule has 2 amide bonds. The van der Waals surface area contributed by atoms with Crippen molar-refractivity contribution in [2.24, 2.45) is 11.3 Å². The van der Waals surface area contributed by atoms with E-state index >= 15 is 0 Å². The van der Waals surface area contributed by atoms with E-state index in [4.69, 9.17) is 0 Å². The van der Waals surface area contributed by atoms with E-state index in [1.54, 1.807) is 0 Å². The fourth-order valence-corrected chi connectivity index (χ4v) is 9.84. The lowest BCUT2D eigenvalue weighted by atomic mass is 9.70. The van der Waals surface area contributed by atoms with Crippen LogP contribution in [0.15, 0.2) is 0 Å².